The van der Waals surface area contributed by atoms with E-state index in [1.165, 1.54) is 0 Å². The van der Waals surface area contributed by atoms with Crippen molar-refractivity contribution in [3.05, 3.63) is 91.0 Å². The molecule has 0 radical (unpaired) electrons. The number of nitrogens with two attached hydrogens (primary N) is 1. The van der Waals surface area contributed by atoms with E-state index in [0.29, 0.717) is 0 Å². The lowest BCUT2D eigenvalue weighted by Gasteiger charge is -2.04. The van der Waals surface area contributed by atoms with Crippen LogP contribution in [0.4, 0.5) is 17.1 Å². The van der Waals surface area contributed by atoms with Crippen molar-refractivity contribution in [1.29, 1.82) is 0 Å². The third kappa shape index (κ3) is 10.1. The lowest BCUT2D eigenvalue weighted by atomic mass is 10.3. The maximum atomic E-state index is 8.70. The Hall–Kier alpha value is -2.72. The van der Waals surface area contributed by atoms with Crippen LogP contribution >= 0.6 is 8.25 Å². The molecule has 0 saturated heterocycles. The molecule has 0 heterocycles. The van der Waals surface area contributed by atoms with Gasteiger partial charge in [-0.05, 0) is 36.4 Å². The molecule has 6 heteroatoms. The van der Waals surface area contributed by atoms with Gasteiger partial charge in [-0.15, -0.1) is 9.79 Å². The minimum absolute atomic E-state index is 0.822. The minimum Gasteiger partial charge on any atom is -0.399 e. The highest BCUT2D eigenvalue weighted by atomic mass is 31.1. The molecule has 0 aliphatic heterocycles. The van der Waals surface area contributed by atoms with Crippen molar-refractivity contribution < 1.29 is 14.4 Å². The van der Waals surface area contributed by atoms with E-state index >= 15 is 0 Å². The predicted octanol–water partition coefficient (Wildman–Crippen LogP) is 4.33. The fourth-order valence-corrected chi connectivity index (χ4v) is 1.66. The Morgan fingerprint density at radius 3 is 1.21 bits per heavy atom. The van der Waals surface area contributed by atoms with E-state index in [1.807, 2.05) is 91.0 Å². The normalized spacial score (nSPS) is 8.75. The second-order valence-electron chi connectivity index (χ2n) is 4.52. The van der Waals surface area contributed by atoms with Crippen molar-refractivity contribution in [2.75, 3.05) is 11.1 Å². The van der Waals surface area contributed by atoms with Gasteiger partial charge in [0.05, 0.1) is 0 Å². The zero-order chi connectivity index (χ0) is 17.6. The van der Waals surface area contributed by atoms with Crippen molar-refractivity contribution in [3.8, 4) is 0 Å². The number of para-hydroxylation sites is 3. The first-order valence-corrected chi connectivity index (χ1v) is 8.27. The van der Waals surface area contributed by atoms with Crippen LogP contribution in [0.5, 0.6) is 0 Å². The molecule has 3 aromatic rings. The van der Waals surface area contributed by atoms with Gasteiger partial charge in [0, 0.05) is 21.6 Å². The summed E-state index contributed by atoms with van der Waals surface area (Å²) in [4.78, 5) is 14.2. The van der Waals surface area contributed by atoms with Gasteiger partial charge >= 0.3 is 8.25 Å². The molecule has 0 atom stereocenters. The topological polar surface area (TPSA) is 95.6 Å². The number of hydrogen-bond acceptors (Lipinski definition) is 3. The number of hydrogen-bond donors (Lipinski definition) is 4. The summed E-state index contributed by atoms with van der Waals surface area (Å²) in [6, 6.07) is 29.8. The van der Waals surface area contributed by atoms with Crippen LogP contribution in [0.15, 0.2) is 91.0 Å². The zero-order valence-electron chi connectivity index (χ0n) is 13.0. The van der Waals surface area contributed by atoms with Gasteiger partial charge in [0.1, 0.15) is 0 Å². The second-order valence-corrected chi connectivity index (χ2v) is 5.03. The molecule has 3 aromatic carbocycles. The molecular weight excluding hydrogens is 323 g/mol. The van der Waals surface area contributed by atoms with Gasteiger partial charge < -0.3 is 11.1 Å². The minimum atomic E-state index is -2.87. The van der Waals surface area contributed by atoms with Crippen LogP contribution in [0.3, 0.4) is 0 Å². The lowest BCUT2D eigenvalue weighted by Crippen LogP contribution is -1.87. The van der Waals surface area contributed by atoms with E-state index in [2.05, 4.69) is 5.32 Å². The van der Waals surface area contributed by atoms with Crippen LogP contribution in [0.25, 0.3) is 0 Å². The molecule has 0 fully saturated rings. The summed E-state index contributed by atoms with van der Waals surface area (Å²) in [6.07, 6.45) is 0. The Bertz CT molecular complexity index is 654. The average Bonchev–Trinajstić information content (AvgIpc) is 2.58. The summed E-state index contributed by atoms with van der Waals surface area (Å²) in [6.45, 7) is 0. The fourth-order valence-electron chi connectivity index (χ4n) is 1.66. The van der Waals surface area contributed by atoms with E-state index < -0.39 is 8.25 Å². The van der Waals surface area contributed by atoms with Gasteiger partial charge in [0.2, 0.25) is 0 Å². The molecule has 5 N–H and O–H groups in total. The number of anilines is 3. The standard InChI is InChI=1S/C12H11N.C6H7N.HO3P/c1-3-7-11(8-4-1)13-12-9-5-2-6-10-12;7-6-4-2-1-3-5-6;1-4(2)3/h1-10,13H;1-5H,7H2;(H-,1,2,3)/p+1. The molecule has 0 aliphatic carbocycles. The lowest BCUT2D eigenvalue weighted by molar-refractivity contribution is 0.405. The van der Waals surface area contributed by atoms with E-state index in [0.717, 1.165) is 17.1 Å². The van der Waals surface area contributed by atoms with Crippen LogP contribution < -0.4 is 11.1 Å². The van der Waals surface area contributed by atoms with E-state index in [1.54, 1.807) is 0 Å². The Morgan fingerprint density at radius 1 is 0.667 bits per heavy atom. The van der Waals surface area contributed by atoms with Gasteiger partial charge in [0.15, 0.2) is 0 Å². The van der Waals surface area contributed by atoms with Crippen molar-refractivity contribution in [2.24, 2.45) is 0 Å². The molecule has 0 amide bonds. The number of benzene rings is 3. The predicted molar refractivity (Wildman–Crippen MR) is 99.1 cm³/mol. The second kappa shape index (κ2) is 11.8. The summed E-state index contributed by atoms with van der Waals surface area (Å²) in [7, 11) is -2.87. The molecule has 0 saturated carbocycles. The van der Waals surface area contributed by atoms with Crippen LogP contribution in [0.2, 0.25) is 0 Å². The largest absolute Gasteiger partial charge is 0.692 e. The van der Waals surface area contributed by atoms with Crippen molar-refractivity contribution in [1.82, 2.24) is 0 Å². The molecule has 0 bridgehead atoms. The van der Waals surface area contributed by atoms with Gasteiger partial charge in [-0.1, -0.05) is 54.6 Å². The van der Waals surface area contributed by atoms with Gasteiger partial charge in [-0.2, -0.15) is 0 Å². The number of nitrogen functional groups attached to an aromatic ring is 1. The maximum Gasteiger partial charge on any atom is 0.692 e. The summed E-state index contributed by atoms with van der Waals surface area (Å²) in [5.74, 6) is 0. The summed E-state index contributed by atoms with van der Waals surface area (Å²) >= 11 is 0. The molecule has 24 heavy (non-hydrogen) atoms. The zero-order valence-corrected chi connectivity index (χ0v) is 13.9. The van der Waals surface area contributed by atoms with Crippen LogP contribution in [-0.4, -0.2) is 9.79 Å². The monoisotopic (exact) mass is 343 g/mol. The average molecular weight is 343 g/mol. The Labute approximate surface area is 142 Å². The molecule has 0 aliphatic rings. The van der Waals surface area contributed by atoms with Gasteiger partial charge in [0.25, 0.3) is 0 Å². The molecule has 0 unspecified atom stereocenters. The van der Waals surface area contributed by atoms with Crippen LogP contribution in [0.1, 0.15) is 0 Å². The molecule has 3 rings (SSSR count). The van der Waals surface area contributed by atoms with Gasteiger partial charge in [-0.25, -0.2) is 0 Å². The maximum absolute atomic E-state index is 8.70. The highest BCUT2D eigenvalue weighted by Crippen LogP contribution is 2.14. The van der Waals surface area contributed by atoms with Crippen LogP contribution in [0, 0.1) is 0 Å². The van der Waals surface area contributed by atoms with Gasteiger partial charge in [-0.3, -0.25) is 0 Å². The summed E-state index contributed by atoms with van der Waals surface area (Å²) in [5, 5.41) is 3.30. The first-order valence-electron chi connectivity index (χ1n) is 7.10. The highest BCUT2D eigenvalue weighted by Gasteiger charge is 1.93. The Balaban J connectivity index is 0.000000220. The van der Waals surface area contributed by atoms with Crippen LogP contribution in [-0.2, 0) is 4.57 Å². The highest BCUT2D eigenvalue weighted by molar-refractivity contribution is 7.30. The molecule has 5 nitrogen and oxygen atoms in total. The first-order chi connectivity index (χ1) is 11.6. The summed E-state index contributed by atoms with van der Waals surface area (Å²) in [5.41, 5.74) is 8.42. The molecule has 0 spiro atoms. The molecule has 0 aromatic heterocycles. The van der Waals surface area contributed by atoms with E-state index in [9.17, 15) is 0 Å². The smallest absolute Gasteiger partial charge is 0.399 e. The quantitative estimate of drug-likeness (QED) is 0.410. The fraction of sp³-hybridized carbons (Fsp3) is 0. The van der Waals surface area contributed by atoms with Crippen molar-refractivity contribution >= 4 is 25.3 Å². The van der Waals surface area contributed by atoms with E-state index in [-0.39, 0.29) is 0 Å². The SMILES string of the molecule is Nc1ccccc1.O=[P+](O)O.c1ccc(Nc2ccccc2)cc1. The Morgan fingerprint density at radius 2 is 0.958 bits per heavy atom. The first kappa shape index (κ1) is 19.3. The number of rotatable bonds is 2. The van der Waals surface area contributed by atoms with Crippen molar-refractivity contribution in [3.63, 3.8) is 0 Å². The number of nitrogens with one attached hydrogen (secondary N) is 1. The molecule has 124 valence electrons. The Kier molecular flexibility index (Phi) is 9.50. The third-order valence-corrected chi connectivity index (χ3v) is 2.64. The summed E-state index contributed by atoms with van der Waals surface area (Å²) < 4.78 is 8.70. The molecular formula is C18H20N2O3P+. The third-order valence-electron chi connectivity index (χ3n) is 2.64. The van der Waals surface area contributed by atoms with E-state index in [4.69, 9.17) is 20.1 Å². The van der Waals surface area contributed by atoms with Crippen molar-refractivity contribution in [2.45, 2.75) is 0 Å².